The van der Waals surface area contributed by atoms with Crippen LogP contribution in [0.1, 0.15) is 5.56 Å². The monoisotopic (exact) mass is 258 g/mol. The summed E-state index contributed by atoms with van der Waals surface area (Å²) in [5, 5.41) is 2.54. The van der Waals surface area contributed by atoms with Crippen LogP contribution in [0.4, 0.5) is 16.2 Å². The Morgan fingerprint density at radius 3 is 2.79 bits per heavy atom. The number of carbonyl (C=O) groups excluding carboxylic acids is 1. The van der Waals surface area contributed by atoms with E-state index in [1.807, 2.05) is 13.0 Å². The summed E-state index contributed by atoms with van der Waals surface area (Å²) in [6, 6.07) is 3.51. The van der Waals surface area contributed by atoms with Crippen LogP contribution < -0.4 is 11.1 Å². The van der Waals surface area contributed by atoms with E-state index in [1.165, 1.54) is 7.11 Å². The third-order valence-electron chi connectivity index (χ3n) is 1.78. The summed E-state index contributed by atoms with van der Waals surface area (Å²) in [5.41, 5.74) is 7.87. The van der Waals surface area contributed by atoms with Gasteiger partial charge in [-0.2, -0.15) is 0 Å². The van der Waals surface area contributed by atoms with Crippen LogP contribution in [0.15, 0.2) is 16.6 Å². The molecule has 1 amide bonds. The first kappa shape index (κ1) is 10.8. The number of nitrogen functional groups attached to an aromatic ring is 1. The van der Waals surface area contributed by atoms with Gasteiger partial charge in [0.2, 0.25) is 0 Å². The molecule has 0 fully saturated rings. The van der Waals surface area contributed by atoms with Crippen molar-refractivity contribution in [3.63, 3.8) is 0 Å². The Bertz CT molecular complexity index is 366. The second-order valence-corrected chi connectivity index (χ2v) is 3.66. The average molecular weight is 259 g/mol. The zero-order valence-electron chi connectivity index (χ0n) is 7.93. The minimum absolute atomic E-state index is 0.519. The number of amides is 1. The van der Waals surface area contributed by atoms with Gasteiger partial charge >= 0.3 is 6.09 Å². The van der Waals surface area contributed by atoms with E-state index in [0.29, 0.717) is 11.4 Å². The van der Waals surface area contributed by atoms with Gasteiger partial charge in [-0.15, -0.1) is 0 Å². The molecule has 5 heteroatoms. The van der Waals surface area contributed by atoms with Gasteiger partial charge in [-0.3, -0.25) is 5.32 Å². The Hall–Kier alpha value is -1.23. The van der Waals surface area contributed by atoms with Gasteiger partial charge in [-0.05, 0) is 40.5 Å². The predicted octanol–water partition coefficient (Wildman–Crippen LogP) is 2.52. The standard InChI is InChI=1S/C9H11BrN2O2/c1-5-3-6(10)8(4-7(5)11)12-9(13)14-2/h3-4H,11H2,1-2H3,(H,12,13). The minimum atomic E-state index is -0.519. The molecule has 1 aromatic rings. The molecule has 0 unspecified atom stereocenters. The van der Waals surface area contributed by atoms with Gasteiger partial charge in [0, 0.05) is 10.2 Å². The first-order chi connectivity index (χ1) is 6.54. The van der Waals surface area contributed by atoms with Crippen molar-refractivity contribution in [3.8, 4) is 0 Å². The van der Waals surface area contributed by atoms with Crippen LogP contribution in [0.5, 0.6) is 0 Å². The molecule has 0 bridgehead atoms. The van der Waals surface area contributed by atoms with Crippen molar-refractivity contribution < 1.29 is 9.53 Å². The molecule has 0 atom stereocenters. The second-order valence-electron chi connectivity index (χ2n) is 2.81. The lowest BCUT2D eigenvalue weighted by molar-refractivity contribution is 0.187. The molecule has 0 spiro atoms. The number of aryl methyl sites for hydroxylation is 1. The van der Waals surface area contributed by atoms with Crippen molar-refractivity contribution in [2.75, 3.05) is 18.2 Å². The van der Waals surface area contributed by atoms with Crippen molar-refractivity contribution in [3.05, 3.63) is 22.2 Å². The molecule has 1 rings (SSSR count). The molecule has 4 nitrogen and oxygen atoms in total. The molecular formula is C9H11BrN2O2. The summed E-state index contributed by atoms with van der Waals surface area (Å²) in [4.78, 5) is 10.9. The molecule has 0 saturated heterocycles. The number of anilines is 2. The van der Waals surface area contributed by atoms with E-state index in [4.69, 9.17) is 5.73 Å². The summed E-state index contributed by atoms with van der Waals surface area (Å²) in [5.74, 6) is 0. The summed E-state index contributed by atoms with van der Waals surface area (Å²) in [7, 11) is 1.31. The number of benzene rings is 1. The number of carbonyl (C=O) groups is 1. The van der Waals surface area contributed by atoms with E-state index in [1.54, 1.807) is 6.07 Å². The van der Waals surface area contributed by atoms with E-state index >= 15 is 0 Å². The van der Waals surface area contributed by atoms with Crippen molar-refractivity contribution in [2.45, 2.75) is 6.92 Å². The van der Waals surface area contributed by atoms with E-state index in [9.17, 15) is 4.79 Å². The molecule has 0 saturated carbocycles. The number of nitrogens with two attached hydrogens (primary N) is 1. The highest BCUT2D eigenvalue weighted by Gasteiger charge is 2.06. The highest BCUT2D eigenvalue weighted by molar-refractivity contribution is 9.10. The largest absolute Gasteiger partial charge is 0.453 e. The average Bonchev–Trinajstić information content (AvgIpc) is 2.14. The fourth-order valence-electron chi connectivity index (χ4n) is 0.946. The summed E-state index contributed by atoms with van der Waals surface area (Å²) in [6.45, 7) is 1.89. The maximum absolute atomic E-state index is 10.9. The summed E-state index contributed by atoms with van der Waals surface area (Å²) >= 11 is 3.31. The van der Waals surface area contributed by atoms with Gasteiger partial charge in [-0.25, -0.2) is 4.79 Å². The first-order valence-corrected chi connectivity index (χ1v) is 4.74. The Morgan fingerprint density at radius 2 is 2.21 bits per heavy atom. The fourth-order valence-corrected chi connectivity index (χ4v) is 1.50. The van der Waals surface area contributed by atoms with Crippen LogP contribution in [-0.4, -0.2) is 13.2 Å². The number of hydrogen-bond donors (Lipinski definition) is 2. The number of hydrogen-bond acceptors (Lipinski definition) is 3. The summed E-state index contributed by atoms with van der Waals surface area (Å²) < 4.78 is 5.24. The first-order valence-electron chi connectivity index (χ1n) is 3.95. The third kappa shape index (κ3) is 2.38. The Morgan fingerprint density at radius 1 is 1.57 bits per heavy atom. The maximum Gasteiger partial charge on any atom is 0.411 e. The highest BCUT2D eigenvalue weighted by atomic mass is 79.9. The fraction of sp³-hybridized carbons (Fsp3) is 0.222. The Kier molecular flexibility index (Phi) is 3.35. The van der Waals surface area contributed by atoms with E-state index in [0.717, 1.165) is 10.0 Å². The van der Waals surface area contributed by atoms with Crippen molar-refractivity contribution in [1.29, 1.82) is 0 Å². The van der Waals surface area contributed by atoms with Gasteiger partial charge in [-0.1, -0.05) is 0 Å². The van der Waals surface area contributed by atoms with Crippen LogP contribution in [0.2, 0.25) is 0 Å². The van der Waals surface area contributed by atoms with Crippen LogP contribution in [0.25, 0.3) is 0 Å². The Labute approximate surface area is 90.6 Å². The minimum Gasteiger partial charge on any atom is -0.453 e. The molecular weight excluding hydrogens is 248 g/mol. The van der Waals surface area contributed by atoms with Crippen LogP contribution in [-0.2, 0) is 4.74 Å². The summed E-state index contributed by atoms with van der Waals surface area (Å²) in [6.07, 6.45) is -0.519. The van der Waals surface area contributed by atoms with Crippen molar-refractivity contribution in [1.82, 2.24) is 0 Å². The lowest BCUT2D eigenvalue weighted by Gasteiger charge is -2.08. The topological polar surface area (TPSA) is 64.3 Å². The van der Waals surface area contributed by atoms with E-state index < -0.39 is 6.09 Å². The number of methoxy groups -OCH3 is 1. The highest BCUT2D eigenvalue weighted by Crippen LogP contribution is 2.27. The van der Waals surface area contributed by atoms with E-state index in [2.05, 4.69) is 26.0 Å². The smallest absolute Gasteiger partial charge is 0.411 e. The molecule has 0 aliphatic heterocycles. The molecule has 0 heterocycles. The molecule has 0 aromatic heterocycles. The van der Waals surface area contributed by atoms with Crippen molar-refractivity contribution >= 4 is 33.4 Å². The zero-order chi connectivity index (χ0) is 10.7. The number of nitrogens with one attached hydrogen (secondary N) is 1. The lowest BCUT2D eigenvalue weighted by atomic mass is 10.2. The molecule has 3 N–H and O–H groups in total. The third-order valence-corrected chi connectivity index (χ3v) is 2.43. The normalized spacial score (nSPS) is 9.64. The number of halogens is 1. The molecule has 0 radical (unpaired) electrons. The predicted molar refractivity (Wildman–Crippen MR) is 59.3 cm³/mol. The van der Waals surface area contributed by atoms with Gasteiger partial charge in [0.1, 0.15) is 0 Å². The van der Waals surface area contributed by atoms with Gasteiger partial charge in [0.15, 0.2) is 0 Å². The number of rotatable bonds is 1. The van der Waals surface area contributed by atoms with Gasteiger partial charge in [0.05, 0.1) is 12.8 Å². The molecule has 14 heavy (non-hydrogen) atoms. The lowest BCUT2D eigenvalue weighted by Crippen LogP contribution is -2.11. The number of ether oxygens (including phenoxy) is 1. The van der Waals surface area contributed by atoms with Crippen LogP contribution in [0, 0.1) is 6.92 Å². The Balaban J connectivity index is 2.98. The molecule has 76 valence electrons. The van der Waals surface area contributed by atoms with E-state index in [-0.39, 0.29) is 0 Å². The maximum atomic E-state index is 10.9. The molecule has 0 aliphatic rings. The quantitative estimate of drug-likeness (QED) is 0.761. The SMILES string of the molecule is COC(=O)Nc1cc(N)c(C)cc1Br. The van der Waals surface area contributed by atoms with Gasteiger partial charge < -0.3 is 10.5 Å². The molecule has 0 aliphatic carbocycles. The second kappa shape index (κ2) is 4.32. The van der Waals surface area contributed by atoms with Gasteiger partial charge in [0.25, 0.3) is 0 Å². The van der Waals surface area contributed by atoms with Crippen molar-refractivity contribution in [2.24, 2.45) is 0 Å². The molecule has 1 aromatic carbocycles. The zero-order valence-corrected chi connectivity index (χ0v) is 9.51. The van der Waals surface area contributed by atoms with Crippen LogP contribution in [0.3, 0.4) is 0 Å². The van der Waals surface area contributed by atoms with Crippen LogP contribution >= 0.6 is 15.9 Å².